The molecule has 0 aliphatic rings. The molecular weight excluding hydrogens is 142 g/mol. The lowest BCUT2D eigenvalue weighted by Gasteiger charge is -2.13. The molecule has 1 amide bonds. The first-order chi connectivity index (χ1) is 5.13. The van der Waals surface area contributed by atoms with Crippen LogP contribution in [0.25, 0.3) is 0 Å². The molecule has 0 aromatic heterocycles. The number of hydrogen-bond acceptors (Lipinski definition) is 3. The maximum Gasteiger partial charge on any atom is 0.240 e. The van der Waals surface area contributed by atoms with Crippen LogP contribution in [0, 0.1) is 28.6 Å². The second-order valence-corrected chi connectivity index (χ2v) is 2.20. The molecule has 0 saturated carbocycles. The third kappa shape index (κ3) is 2.68. The molecule has 0 radical (unpaired) electrons. The SMILES string of the molecule is CC(C#N)C(=O)N(C)CC#N. The number of nitrogens with zero attached hydrogens (tertiary/aromatic N) is 3. The predicted octanol–water partition coefficient (Wildman–Crippen LogP) is 0.128. The normalized spacial score (nSPS) is 10.9. The molecule has 0 spiro atoms. The Balaban J connectivity index is 4.07. The zero-order valence-corrected chi connectivity index (χ0v) is 6.53. The Labute approximate surface area is 65.6 Å². The van der Waals surface area contributed by atoms with E-state index in [2.05, 4.69) is 0 Å². The van der Waals surface area contributed by atoms with Gasteiger partial charge in [-0.25, -0.2) is 0 Å². The average Bonchev–Trinajstić information content (AvgIpc) is 2.02. The molecule has 4 heteroatoms. The molecule has 0 aromatic carbocycles. The van der Waals surface area contributed by atoms with Crippen LogP contribution in [-0.2, 0) is 4.79 Å². The molecule has 11 heavy (non-hydrogen) atoms. The topological polar surface area (TPSA) is 67.9 Å². The first kappa shape index (κ1) is 9.45. The van der Waals surface area contributed by atoms with Crippen molar-refractivity contribution in [1.82, 2.24) is 4.90 Å². The van der Waals surface area contributed by atoms with Gasteiger partial charge in [0, 0.05) is 7.05 Å². The van der Waals surface area contributed by atoms with E-state index in [9.17, 15) is 4.79 Å². The summed E-state index contributed by atoms with van der Waals surface area (Å²) in [5.74, 6) is -0.970. The van der Waals surface area contributed by atoms with Gasteiger partial charge in [-0.15, -0.1) is 0 Å². The van der Waals surface area contributed by atoms with Crippen molar-refractivity contribution in [1.29, 1.82) is 10.5 Å². The first-order valence-electron chi connectivity index (χ1n) is 3.15. The van der Waals surface area contributed by atoms with E-state index in [-0.39, 0.29) is 12.5 Å². The van der Waals surface area contributed by atoms with Crippen LogP contribution in [0.4, 0.5) is 0 Å². The molecule has 0 aliphatic heterocycles. The number of rotatable bonds is 2. The Kier molecular flexibility index (Phi) is 3.69. The van der Waals surface area contributed by atoms with Crippen LogP contribution in [0.2, 0.25) is 0 Å². The molecule has 0 bridgehead atoms. The molecule has 0 rings (SSSR count). The van der Waals surface area contributed by atoms with Crippen molar-refractivity contribution in [3.8, 4) is 12.1 Å². The summed E-state index contributed by atoms with van der Waals surface area (Å²) in [4.78, 5) is 12.2. The van der Waals surface area contributed by atoms with E-state index in [1.807, 2.05) is 6.07 Å². The van der Waals surface area contributed by atoms with Gasteiger partial charge in [0.05, 0.1) is 12.1 Å². The van der Waals surface area contributed by atoms with E-state index >= 15 is 0 Å². The van der Waals surface area contributed by atoms with Gasteiger partial charge in [-0.1, -0.05) is 0 Å². The van der Waals surface area contributed by atoms with Crippen molar-refractivity contribution in [2.24, 2.45) is 5.92 Å². The average molecular weight is 151 g/mol. The number of nitriles is 2. The summed E-state index contributed by atoms with van der Waals surface area (Å²) < 4.78 is 0. The van der Waals surface area contributed by atoms with Crippen molar-refractivity contribution in [3.63, 3.8) is 0 Å². The molecule has 1 unspecified atom stereocenters. The minimum absolute atomic E-state index is 0.0326. The highest BCUT2D eigenvalue weighted by Gasteiger charge is 2.15. The van der Waals surface area contributed by atoms with Crippen molar-refractivity contribution in [2.75, 3.05) is 13.6 Å². The molecule has 4 nitrogen and oxygen atoms in total. The molecule has 0 aliphatic carbocycles. The summed E-state index contributed by atoms with van der Waals surface area (Å²) in [6, 6.07) is 3.63. The highest BCUT2D eigenvalue weighted by molar-refractivity contribution is 5.80. The monoisotopic (exact) mass is 151 g/mol. The van der Waals surface area contributed by atoms with Gasteiger partial charge < -0.3 is 4.90 Å². The fraction of sp³-hybridized carbons (Fsp3) is 0.571. The second kappa shape index (κ2) is 4.29. The Hall–Kier alpha value is -1.55. The molecule has 0 saturated heterocycles. The van der Waals surface area contributed by atoms with E-state index in [0.29, 0.717) is 0 Å². The van der Waals surface area contributed by atoms with Gasteiger partial charge in [0.15, 0.2) is 0 Å². The van der Waals surface area contributed by atoms with Crippen molar-refractivity contribution < 1.29 is 4.79 Å². The zero-order valence-electron chi connectivity index (χ0n) is 6.53. The third-order valence-corrected chi connectivity index (χ3v) is 1.25. The molecule has 0 aromatic rings. The van der Waals surface area contributed by atoms with E-state index in [0.717, 1.165) is 0 Å². The summed E-state index contributed by atoms with van der Waals surface area (Å²) in [5, 5.41) is 16.6. The lowest BCUT2D eigenvalue weighted by atomic mass is 10.2. The fourth-order valence-corrected chi connectivity index (χ4v) is 0.570. The summed E-state index contributed by atoms with van der Waals surface area (Å²) in [6.45, 7) is 1.54. The lowest BCUT2D eigenvalue weighted by molar-refractivity contribution is -0.131. The fourth-order valence-electron chi connectivity index (χ4n) is 0.570. The second-order valence-electron chi connectivity index (χ2n) is 2.20. The van der Waals surface area contributed by atoms with E-state index < -0.39 is 5.92 Å². The van der Waals surface area contributed by atoms with Crippen LogP contribution < -0.4 is 0 Å². The van der Waals surface area contributed by atoms with E-state index in [4.69, 9.17) is 10.5 Å². The highest BCUT2D eigenvalue weighted by Crippen LogP contribution is 1.97. The van der Waals surface area contributed by atoms with Crippen LogP contribution in [0.15, 0.2) is 0 Å². The van der Waals surface area contributed by atoms with Gasteiger partial charge in [0.1, 0.15) is 12.5 Å². The van der Waals surface area contributed by atoms with Crippen LogP contribution in [0.5, 0.6) is 0 Å². The first-order valence-corrected chi connectivity index (χ1v) is 3.15. The number of carbonyl (C=O) groups is 1. The van der Waals surface area contributed by atoms with Crippen LogP contribution in [0.1, 0.15) is 6.92 Å². The summed E-state index contributed by atoms with van der Waals surface area (Å²) in [7, 11) is 1.50. The lowest BCUT2D eigenvalue weighted by Crippen LogP contribution is -2.31. The number of amides is 1. The largest absolute Gasteiger partial charge is 0.331 e. The molecule has 0 heterocycles. The van der Waals surface area contributed by atoms with Gasteiger partial charge in [-0.2, -0.15) is 10.5 Å². The van der Waals surface area contributed by atoms with Crippen molar-refractivity contribution in [2.45, 2.75) is 6.92 Å². The van der Waals surface area contributed by atoms with Crippen molar-refractivity contribution in [3.05, 3.63) is 0 Å². The molecule has 0 N–H and O–H groups in total. The van der Waals surface area contributed by atoms with Crippen molar-refractivity contribution >= 4 is 5.91 Å². The molecular formula is C7H9N3O. The predicted molar refractivity (Wildman–Crippen MR) is 38.0 cm³/mol. The van der Waals surface area contributed by atoms with Gasteiger partial charge in [0.25, 0.3) is 0 Å². The van der Waals surface area contributed by atoms with Gasteiger partial charge in [0.2, 0.25) is 5.91 Å². The quantitative estimate of drug-likeness (QED) is 0.527. The minimum Gasteiger partial charge on any atom is -0.331 e. The van der Waals surface area contributed by atoms with Gasteiger partial charge >= 0.3 is 0 Å². The molecule has 0 fully saturated rings. The van der Waals surface area contributed by atoms with Crippen LogP contribution in [-0.4, -0.2) is 24.4 Å². The summed E-state index contributed by atoms with van der Waals surface area (Å²) in [5.41, 5.74) is 0. The standard InChI is InChI=1S/C7H9N3O/c1-6(5-9)7(11)10(2)4-3-8/h6H,4H2,1-2H3. The Morgan fingerprint density at radius 1 is 1.64 bits per heavy atom. The van der Waals surface area contributed by atoms with E-state index in [1.165, 1.54) is 18.9 Å². The summed E-state index contributed by atoms with van der Waals surface area (Å²) in [6.07, 6.45) is 0. The molecule has 58 valence electrons. The van der Waals surface area contributed by atoms with Crippen LogP contribution >= 0.6 is 0 Å². The van der Waals surface area contributed by atoms with Gasteiger partial charge in [-0.05, 0) is 6.92 Å². The number of carbonyl (C=O) groups excluding carboxylic acids is 1. The Morgan fingerprint density at radius 3 is 2.55 bits per heavy atom. The highest BCUT2D eigenvalue weighted by atomic mass is 16.2. The van der Waals surface area contributed by atoms with Gasteiger partial charge in [-0.3, -0.25) is 4.79 Å². The number of hydrogen-bond donors (Lipinski definition) is 0. The Morgan fingerprint density at radius 2 is 2.18 bits per heavy atom. The van der Waals surface area contributed by atoms with Crippen LogP contribution in [0.3, 0.4) is 0 Å². The smallest absolute Gasteiger partial charge is 0.240 e. The Bertz CT molecular complexity index is 223. The minimum atomic E-state index is -0.659. The molecule has 1 atom stereocenters. The maximum atomic E-state index is 11.0. The summed E-state index contributed by atoms with van der Waals surface area (Å²) >= 11 is 0. The maximum absolute atomic E-state index is 11.0. The third-order valence-electron chi connectivity index (χ3n) is 1.25. The zero-order chi connectivity index (χ0) is 8.85. The van der Waals surface area contributed by atoms with E-state index in [1.54, 1.807) is 6.07 Å².